The normalized spacial score (nSPS) is 23.9. The van der Waals surface area contributed by atoms with E-state index in [1.165, 1.54) is 32.1 Å². The number of allylic oxidation sites excluding steroid dienone is 1. The Morgan fingerprint density at radius 3 is 2.35 bits per heavy atom. The van der Waals surface area contributed by atoms with Crippen molar-refractivity contribution in [3.05, 3.63) is 11.6 Å². The fourth-order valence-electron chi connectivity index (χ4n) is 2.39. The van der Waals surface area contributed by atoms with Crippen molar-refractivity contribution < 1.29 is 14.6 Å². The lowest BCUT2D eigenvalue weighted by atomic mass is 10.0. The molecule has 0 unspecified atom stereocenters. The summed E-state index contributed by atoms with van der Waals surface area (Å²) >= 11 is 0. The minimum Gasteiger partial charge on any atom is -0.456 e. The summed E-state index contributed by atoms with van der Waals surface area (Å²) in [6, 6.07) is 0. The molecule has 0 saturated carbocycles. The van der Waals surface area contributed by atoms with E-state index in [-0.39, 0.29) is 5.97 Å². The lowest BCUT2D eigenvalue weighted by Crippen LogP contribution is -2.17. The maximum atomic E-state index is 11.4. The van der Waals surface area contributed by atoms with E-state index in [1.54, 1.807) is 6.92 Å². The molecule has 0 aromatic heterocycles. The van der Waals surface area contributed by atoms with Crippen molar-refractivity contribution in [3.63, 3.8) is 0 Å². The van der Waals surface area contributed by atoms with Crippen LogP contribution >= 0.6 is 0 Å². The summed E-state index contributed by atoms with van der Waals surface area (Å²) in [6.45, 7) is 1.71. The Kier molecular flexibility index (Phi) is 8.06. The summed E-state index contributed by atoms with van der Waals surface area (Å²) in [7, 11) is 0. The largest absolute Gasteiger partial charge is 0.456 e. The Balaban J connectivity index is 2.02. The summed E-state index contributed by atoms with van der Waals surface area (Å²) in [5, 5.41) is 9.74. The Labute approximate surface area is 122 Å². The number of aliphatic hydroxyl groups excluding tert-OH is 1. The fourth-order valence-corrected chi connectivity index (χ4v) is 2.39. The van der Waals surface area contributed by atoms with Crippen molar-refractivity contribution in [2.45, 2.75) is 76.9 Å². The predicted molar refractivity (Wildman–Crippen MR) is 80.0 cm³/mol. The Morgan fingerprint density at radius 2 is 1.80 bits per heavy atom. The molecule has 1 heterocycles. The summed E-state index contributed by atoms with van der Waals surface area (Å²) in [5.74, 6) is 2.30. The van der Waals surface area contributed by atoms with Crippen molar-refractivity contribution in [2.24, 2.45) is 0 Å². The molecule has 1 rings (SSSR count). The molecule has 112 valence electrons. The van der Waals surface area contributed by atoms with Crippen molar-refractivity contribution in [1.82, 2.24) is 0 Å². The molecule has 0 amide bonds. The van der Waals surface area contributed by atoms with Gasteiger partial charge in [-0.3, -0.25) is 0 Å². The average molecular weight is 278 g/mol. The van der Waals surface area contributed by atoms with Gasteiger partial charge >= 0.3 is 5.97 Å². The van der Waals surface area contributed by atoms with Crippen molar-refractivity contribution in [2.75, 3.05) is 0 Å². The maximum Gasteiger partial charge on any atom is 0.336 e. The van der Waals surface area contributed by atoms with Crippen LogP contribution in [0.3, 0.4) is 0 Å². The molecule has 0 spiro atoms. The second-order valence-electron chi connectivity index (χ2n) is 5.43. The van der Waals surface area contributed by atoms with Crippen molar-refractivity contribution in [3.8, 4) is 12.3 Å². The van der Waals surface area contributed by atoms with Crippen LogP contribution in [-0.4, -0.2) is 23.3 Å². The highest BCUT2D eigenvalue weighted by Gasteiger charge is 2.34. The van der Waals surface area contributed by atoms with E-state index in [0.29, 0.717) is 5.57 Å². The van der Waals surface area contributed by atoms with Gasteiger partial charge in [0.05, 0.1) is 5.57 Å². The lowest BCUT2D eigenvalue weighted by molar-refractivity contribution is -0.138. The number of terminal acetylenes is 1. The van der Waals surface area contributed by atoms with Gasteiger partial charge in [-0.15, -0.1) is 12.3 Å². The molecule has 1 N–H and O–H groups in total. The van der Waals surface area contributed by atoms with E-state index >= 15 is 0 Å². The van der Waals surface area contributed by atoms with Crippen molar-refractivity contribution >= 4 is 5.97 Å². The molecular formula is C17H26O3. The number of carbonyl (C=O) groups excluding carboxylic acids is 1. The van der Waals surface area contributed by atoms with Crippen LogP contribution in [0, 0.1) is 12.3 Å². The van der Waals surface area contributed by atoms with Gasteiger partial charge in [0.1, 0.15) is 12.2 Å². The number of aliphatic hydroxyl groups is 1. The number of hydrogen-bond acceptors (Lipinski definition) is 3. The van der Waals surface area contributed by atoms with Gasteiger partial charge in [-0.25, -0.2) is 4.79 Å². The fraction of sp³-hybridized carbons (Fsp3) is 0.706. The molecule has 20 heavy (non-hydrogen) atoms. The first-order chi connectivity index (χ1) is 9.66. The first kappa shape index (κ1) is 16.8. The van der Waals surface area contributed by atoms with E-state index in [9.17, 15) is 9.90 Å². The second-order valence-corrected chi connectivity index (χ2v) is 5.43. The maximum absolute atomic E-state index is 11.4. The summed E-state index contributed by atoms with van der Waals surface area (Å²) < 4.78 is 4.96. The van der Waals surface area contributed by atoms with E-state index in [0.717, 1.165) is 25.7 Å². The number of esters is 1. The van der Waals surface area contributed by atoms with Crippen LogP contribution in [0.25, 0.3) is 0 Å². The van der Waals surface area contributed by atoms with Gasteiger partial charge in [-0.05, 0) is 26.2 Å². The predicted octanol–water partition coefficient (Wildman–Crippen LogP) is 3.36. The number of hydrogen-bond donors (Lipinski definition) is 1. The SMILES string of the molecule is C#CCCCCCCCCC/C=C1/C(=O)O[C@H](C)[C@H]1O. The van der Waals surface area contributed by atoms with Crippen LogP contribution in [-0.2, 0) is 9.53 Å². The zero-order valence-corrected chi connectivity index (χ0v) is 12.4. The zero-order valence-electron chi connectivity index (χ0n) is 12.4. The van der Waals surface area contributed by atoms with Crippen LogP contribution in [0.4, 0.5) is 0 Å². The van der Waals surface area contributed by atoms with Crippen LogP contribution < -0.4 is 0 Å². The van der Waals surface area contributed by atoms with Gasteiger partial charge in [0.2, 0.25) is 0 Å². The number of unbranched alkanes of at least 4 members (excludes halogenated alkanes) is 8. The molecule has 1 aliphatic heterocycles. The highest BCUT2D eigenvalue weighted by atomic mass is 16.6. The number of carbonyl (C=O) groups is 1. The lowest BCUT2D eigenvalue weighted by Gasteiger charge is -2.04. The quantitative estimate of drug-likeness (QED) is 0.304. The van der Waals surface area contributed by atoms with Crippen LogP contribution in [0.1, 0.15) is 64.7 Å². The molecule has 0 radical (unpaired) electrons. The van der Waals surface area contributed by atoms with Gasteiger partial charge in [0, 0.05) is 6.42 Å². The van der Waals surface area contributed by atoms with E-state index in [2.05, 4.69) is 5.92 Å². The summed E-state index contributed by atoms with van der Waals surface area (Å²) in [5.41, 5.74) is 0.437. The van der Waals surface area contributed by atoms with Crippen molar-refractivity contribution in [1.29, 1.82) is 0 Å². The van der Waals surface area contributed by atoms with Gasteiger partial charge in [-0.2, -0.15) is 0 Å². The Morgan fingerprint density at radius 1 is 1.20 bits per heavy atom. The molecule has 0 aromatic rings. The molecule has 0 bridgehead atoms. The minimum absolute atomic E-state index is 0.362. The number of cyclic esters (lactones) is 1. The average Bonchev–Trinajstić information content (AvgIpc) is 2.67. The topological polar surface area (TPSA) is 46.5 Å². The highest BCUT2D eigenvalue weighted by molar-refractivity contribution is 5.92. The Bertz CT molecular complexity index is 365. The third kappa shape index (κ3) is 5.79. The second kappa shape index (κ2) is 9.61. The smallest absolute Gasteiger partial charge is 0.336 e. The van der Waals surface area contributed by atoms with Crippen LogP contribution in [0.2, 0.25) is 0 Å². The Hall–Kier alpha value is -1.27. The molecule has 1 saturated heterocycles. The molecule has 1 aliphatic rings. The standard InChI is InChI=1S/C17H26O3/c1-3-4-5-6-7-8-9-10-11-12-13-15-16(18)14(2)20-17(15)19/h1,13-14,16,18H,4-12H2,2H3/b15-13+/t14-,16-/m1/s1. The molecular weight excluding hydrogens is 252 g/mol. The van der Waals surface area contributed by atoms with Gasteiger partial charge < -0.3 is 9.84 Å². The highest BCUT2D eigenvalue weighted by Crippen LogP contribution is 2.22. The monoisotopic (exact) mass is 278 g/mol. The number of rotatable bonds is 9. The number of ether oxygens (including phenoxy) is 1. The molecule has 3 heteroatoms. The summed E-state index contributed by atoms with van der Waals surface area (Å²) in [6.07, 6.45) is 15.9. The van der Waals surface area contributed by atoms with Crippen LogP contribution in [0.15, 0.2) is 11.6 Å². The minimum atomic E-state index is -0.751. The third-order valence-corrected chi connectivity index (χ3v) is 3.68. The molecule has 0 aliphatic carbocycles. The zero-order chi connectivity index (χ0) is 14.8. The van der Waals surface area contributed by atoms with Gasteiger partial charge in [0.25, 0.3) is 0 Å². The van der Waals surface area contributed by atoms with E-state index < -0.39 is 12.2 Å². The van der Waals surface area contributed by atoms with Crippen LogP contribution in [0.5, 0.6) is 0 Å². The van der Waals surface area contributed by atoms with E-state index in [1.807, 2.05) is 6.08 Å². The molecule has 3 nitrogen and oxygen atoms in total. The van der Waals surface area contributed by atoms with E-state index in [4.69, 9.17) is 11.2 Å². The molecule has 2 atom stereocenters. The first-order valence-electron chi connectivity index (χ1n) is 7.69. The third-order valence-electron chi connectivity index (χ3n) is 3.68. The molecule has 0 aromatic carbocycles. The summed E-state index contributed by atoms with van der Waals surface area (Å²) in [4.78, 5) is 11.4. The van der Waals surface area contributed by atoms with Gasteiger partial charge in [0.15, 0.2) is 0 Å². The first-order valence-corrected chi connectivity index (χ1v) is 7.69. The van der Waals surface area contributed by atoms with Gasteiger partial charge in [-0.1, -0.05) is 38.2 Å². The molecule has 1 fully saturated rings.